The van der Waals surface area contributed by atoms with Crippen molar-refractivity contribution >= 4 is 22.7 Å². The number of hydrogen-bond acceptors (Lipinski definition) is 4. The summed E-state index contributed by atoms with van der Waals surface area (Å²) >= 11 is 1.67. The van der Waals surface area contributed by atoms with Gasteiger partial charge in [-0.25, -0.2) is 4.79 Å². The van der Waals surface area contributed by atoms with E-state index in [-0.39, 0.29) is 11.1 Å². The predicted octanol–water partition coefficient (Wildman–Crippen LogP) is 2.41. The maximum Gasteiger partial charge on any atom is 0.336 e. The lowest BCUT2D eigenvalue weighted by Crippen LogP contribution is -2.03. The van der Waals surface area contributed by atoms with Crippen LogP contribution in [0.25, 0.3) is 11.0 Å². The molecule has 1 aliphatic heterocycles. The van der Waals surface area contributed by atoms with Gasteiger partial charge in [0.15, 0.2) is 0 Å². The molecular weight excluding hydrogens is 224 g/mol. The standard InChI is InChI=1S/C12H10O3S/c1-14-11-6-8-9(16-11)4-2-7-3-5-10(13)15-12(7)8/h2-5,11H,6H2,1H3. The Balaban J connectivity index is 2.26. The number of fused-ring (bicyclic) bond motifs is 3. The maximum atomic E-state index is 11.2. The summed E-state index contributed by atoms with van der Waals surface area (Å²) in [6.45, 7) is 0. The highest BCUT2D eigenvalue weighted by atomic mass is 32.2. The third-order valence-corrected chi connectivity index (χ3v) is 4.00. The fraction of sp³-hybridized carbons (Fsp3) is 0.250. The quantitative estimate of drug-likeness (QED) is 0.710. The monoisotopic (exact) mass is 234 g/mol. The van der Waals surface area contributed by atoms with Gasteiger partial charge in [0.2, 0.25) is 0 Å². The Bertz CT molecular complexity index is 603. The van der Waals surface area contributed by atoms with Crippen molar-refractivity contribution in [1.82, 2.24) is 0 Å². The van der Waals surface area contributed by atoms with Gasteiger partial charge in [0.1, 0.15) is 11.0 Å². The number of ether oxygens (including phenoxy) is 1. The third kappa shape index (κ3) is 1.45. The Kier molecular flexibility index (Phi) is 2.26. The smallest absolute Gasteiger partial charge is 0.336 e. The first-order valence-electron chi connectivity index (χ1n) is 5.03. The lowest BCUT2D eigenvalue weighted by atomic mass is 10.1. The Morgan fingerprint density at radius 1 is 1.38 bits per heavy atom. The van der Waals surface area contributed by atoms with Crippen molar-refractivity contribution in [3.8, 4) is 0 Å². The molecule has 1 atom stereocenters. The molecule has 0 amide bonds. The Hall–Kier alpha value is -1.26. The second-order valence-electron chi connectivity index (χ2n) is 3.70. The molecule has 0 N–H and O–H groups in total. The molecule has 0 radical (unpaired) electrons. The van der Waals surface area contributed by atoms with Crippen LogP contribution in [0.1, 0.15) is 5.56 Å². The SMILES string of the molecule is COC1Cc2c(ccc3ccc(=O)oc23)S1. The molecule has 2 heterocycles. The first-order chi connectivity index (χ1) is 7.78. The average Bonchev–Trinajstić information content (AvgIpc) is 2.72. The molecule has 0 fully saturated rings. The summed E-state index contributed by atoms with van der Waals surface area (Å²) in [6.07, 6.45) is 0.792. The fourth-order valence-electron chi connectivity index (χ4n) is 1.96. The van der Waals surface area contributed by atoms with Gasteiger partial charge in [0, 0.05) is 35.4 Å². The van der Waals surface area contributed by atoms with E-state index in [0.717, 1.165) is 22.3 Å². The molecule has 1 aliphatic rings. The minimum absolute atomic E-state index is 0.131. The van der Waals surface area contributed by atoms with Crippen LogP contribution in [-0.4, -0.2) is 12.5 Å². The van der Waals surface area contributed by atoms with Crippen LogP contribution in [0.3, 0.4) is 0 Å². The summed E-state index contributed by atoms with van der Waals surface area (Å²) in [4.78, 5) is 12.4. The van der Waals surface area contributed by atoms with E-state index in [1.807, 2.05) is 6.07 Å². The van der Waals surface area contributed by atoms with Crippen molar-refractivity contribution in [2.24, 2.45) is 0 Å². The maximum absolute atomic E-state index is 11.2. The third-order valence-electron chi connectivity index (χ3n) is 2.74. The van der Waals surface area contributed by atoms with Gasteiger partial charge in [0.05, 0.1) is 0 Å². The van der Waals surface area contributed by atoms with E-state index in [9.17, 15) is 4.79 Å². The van der Waals surface area contributed by atoms with Crippen molar-refractivity contribution < 1.29 is 9.15 Å². The Morgan fingerprint density at radius 3 is 3.00 bits per heavy atom. The molecule has 1 aromatic heterocycles. The number of benzene rings is 1. The molecule has 0 bridgehead atoms. The van der Waals surface area contributed by atoms with Crippen LogP contribution in [0.5, 0.6) is 0 Å². The molecule has 3 nitrogen and oxygen atoms in total. The molecule has 3 rings (SSSR count). The molecule has 1 unspecified atom stereocenters. The molecular formula is C12H10O3S. The number of thioether (sulfide) groups is 1. The van der Waals surface area contributed by atoms with Crippen molar-refractivity contribution in [3.63, 3.8) is 0 Å². The van der Waals surface area contributed by atoms with E-state index in [4.69, 9.17) is 9.15 Å². The molecule has 4 heteroatoms. The number of hydrogen-bond donors (Lipinski definition) is 0. The number of rotatable bonds is 1. The molecule has 2 aromatic rings. The van der Waals surface area contributed by atoms with Crippen molar-refractivity contribution in [2.45, 2.75) is 16.8 Å². The zero-order valence-electron chi connectivity index (χ0n) is 8.73. The first kappa shape index (κ1) is 9.93. The molecule has 1 aromatic carbocycles. The topological polar surface area (TPSA) is 39.4 Å². The normalized spacial score (nSPS) is 18.9. The van der Waals surface area contributed by atoms with Gasteiger partial charge in [-0.05, 0) is 12.1 Å². The molecule has 0 saturated heterocycles. The van der Waals surface area contributed by atoms with Crippen LogP contribution >= 0.6 is 11.8 Å². The van der Waals surface area contributed by atoms with E-state index in [1.165, 1.54) is 6.07 Å². The van der Waals surface area contributed by atoms with Crippen LogP contribution in [0.2, 0.25) is 0 Å². The Morgan fingerprint density at radius 2 is 2.19 bits per heavy atom. The largest absolute Gasteiger partial charge is 0.422 e. The second kappa shape index (κ2) is 3.64. The van der Waals surface area contributed by atoms with Crippen LogP contribution in [-0.2, 0) is 11.2 Å². The summed E-state index contributed by atoms with van der Waals surface area (Å²) in [5, 5.41) is 0.968. The van der Waals surface area contributed by atoms with E-state index in [0.29, 0.717) is 5.58 Å². The molecule has 16 heavy (non-hydrogen) atoms. The van der Waals surface area contributed by atoms with E-state index < -0.39 is 0 Å². The van der Waals surface area contributed by atoms with Gasteiger partial charge in [-0.3, -0.25) is 0 Å². The van der Waals surface area contributed by atoms with Crippen molar-refractivity contribution in [1.29, 1.82) is 0 Å². The summed E-state index contributed by atoms with van der Waals surface area (Å²) in [6, 6.07) is 7.28. The molecule has 0 saturated carbocycles. The van der Waals surface area contributed by atoms with Gasteiger partial charge in [0.25, 0.3) is 0 Å². The van der Waals surface area contributed by atoms with E-state index in [1.54, 1.807) is 24.9 Å². The lowest BCUT2D eigenvalue weighted by molar-refractivity contribution is 0.176. The highest BCUT2D eigenvalue weighted by Gasteiger charge is 2.24. The van der Waals surface area contributed by atoms with Gasteiger partial charge in [-0.1, -0.05) is 17.8 Å². The first-order valence-corrected chi connectivity index (χ1v) is 5.91. The van der Waals surface area contributed by atoms with Gasteiger partial charge in [-0.2, -0.15) is 0 Å². The second-order valence-corrected chi connectivity index (χ2v) is 4.90. The van der Waals surface area contributed by atoms with E-state index >= 15 is 0 Å². The van der Waals surface area contributed by atoms with Crippen molar-refractivity contribution in [3.05, 3.63) is 40.2 Å². The highest BCUT2D eigenvalue weighted by molar-refractivity contribution is 8.00. The van der Waals surface area contributed by atoms with Gasteiger partial charge < -0.3 is 9.15 Å². The van der Waals surface area contributed by atoms with Crippen LogP contribution < -0.4 is 5.63 Å². The van der Waals surface area contributed by atoms with Gasteiger partial charge >= 0.3 is 5.63 Å². The number of methoxy groups -OCH3 is 1. The molecule has 82 valence electrons. The van der Waals surface area contributed by atoms with Crippen molar-refractivity contribution in [2.75, 3.05) is 7.11 Å². The Labute approximate surface area is 96.4 Å². The summed E-state index contributed by atoms with van der Waals surface area (Å²) in [5.41, 5.74) is 1.63. The highest BCUT2D eigenvalue weighted by Crippen LogP contribution is 2.40. The zero-order valence-corrected chi connectivity index (χ0v) is 9.54. The van der Waals surface area contributed by atoms with E-state index in [2.05, 4.69) is 6.07 Å². The van der Waals surface area contributed by atoms with Gasteiger partial charge in [-0.15, -0.1) is 0 Å². The lowest BCUT2D eigenvalue weighted by Gasteiger charge is -2.02. The van der Waals surface area contributed by atoms with Crippen LogP contribution in [0.15, 0.2) is 38.4 Å². The zero-order chi connectivity index (χ0) is 11.1. The summed E-state index contributed by atoms with van der Waals surface area (Å²) < 4.78 is 10.6. The van der Waals surface area contributed by atoms with Crippen LogP contribution in [0.4, 0.5) is 0 Å². The minimum Gasteiger partial charge on any atom is -0.422 e. The van der Waals surface area contributed by atoms with Crippen LogP contribution in [0, 0.1) is 0 Å². The average molecular weight is 234 g/mol. The molecule has 0 spiro atoms. The summed E-state index contributed by atoms with van der Waals surface area (Å²) in [5.74, 6) is 0. The summed E-state index contributed by atoms with van der Waals surface area (Å²) in [7, 11) is 1.70. The fourth-order valence-corrected chi connectivity index (χ4v) is 3.05. The predicted molar refractivity (Wildman–Crippen MR) is 62.8 cm³/mol. The molecule has 0 aliphatic carbocycles. The minimum atomic E-state index is -0.299.